The van der Waals surface area contributed by atoms with Gasteiger partial charge in [-0.05, 0) is 88.8 Å². The first-order valence-corrected chi connectivity index (χ1v) is 21.7. The molecule has 3 heterocycles. The van der Waals surface area contributed by atoms with Gasteiger partial charge in [0.2, 0.25) is 11.2 Å². The number of allylic oxidation sites excluding steroid dienone is 4. The highest BCUT2D eigenvalue weighted by atomic mass is 19.1. The lowest BCUT2D eigenvalue weighted by Gasteiger charge is -2.59. The Labute approximate surface area is 361 Å². The minimum Gasteiger partial charge on any atom is -0.492 e. The van der Waals surface area contributed by atoms with Crippen LogP contribution in [0.5, 0.6) is 5.75 Å². The zero-order chi connectivity index (χ0) is 44.9. The Morgan fingerprint density at radius 2 is 1.81 bits per heavy atom. The predicted molar refractivity (Wildman–Crippen MR) is 222 cm³/mol. The third-order valence-electron chi connectivity index (χ3n) is 15.3. The van der Waals surface area contributed by atoms with Crippen molar-refractivity contribution in [2.75, 3.05) is 38.3 Å². The molecule has 1 aromatic carbocycles. The fraction of sp³-hybridized carbons (Fsp3) is 0.565. The van der Waals surface area contributed by atoms with Crippen molar-refractivity contribution in [3.63, 3.8) is 0 Å². The number of aliphatic hydroxyl groups excluding tert-OH is 1. The number of carbonyl (C=O) groups excluding carboxylic acids is 4. The third-order valence-corrected chi connectivity index (χ3v) is 15.3. The molecule has 63 heavy (non-hydrogen) atoms. The Balaban J connectivity index is 0.927. The number of ketones is 2. The van der Waals surface area contributed by atoms with Gasteiger partial charge in [0.15, 0.2) is 42.1 Å². The molecule has 0 spiro atoms. The van der Waals surface area contributed by atoms with Gasteiger partial charge < -0.3 is 47.6 Å². The van der Waals surface area contributed by atoms with Crippen LogP contribution >= 0.6 is 0 Å². The normalized spacial score (nSPS) is 31.3. The van der Waals surface area contributed by atoms with Crippen molar-refractivity contribution < 1.29 is 56.8 Å². The second kappa shape index (κ2) is 15.3. The first kappa shape index (κ1) is 42.7. The summed E-state index contributed by atoms with van der Waals surface area (Å²) in [5, 5.41) is 23.9. The summed E-state index contributed by atoms with van der Waals surface area (Å²) in [6, 6.07) is 0.462. The summed E-state index contributed by atoms with van der Waals surface area (Å²) in [7, 11) is 1.36. The minimum atomic E-state index is -1.91. The second-order valence-electron chi connectivity index (χ2n) is 18.7. The van der Waals surface area contributed by atoms with Crippen molar-refractivity contribution in [1.82, 2.24) is 9.47 Å². The zero-order valence-electron chi connectivity index (χ0n) is 35.9. The fourth-order valence-electron chi connectivity index (χ4n) is 12.0. The number of carbonyl (C=O) groups is 4. The number of aliphatic hydroxyl groups is 2. The Hall–Kier alpha value is -5.55. The van der Waals surface area contributed by atoms with Gasteiger partial charge >= 0.3 is 17.9 Å². The molecule has 6 aliphatic rings. The first-order chi connectivity index (χ1) is 29.9. The van der Waals surface area contributed by atoms with Crippen LogP contribution in [0.15, 0.2) is 54.5 Å². The van der Waals surface area contributed by atoms with Crippen LogP contribution in [-0.2, 0) is 25.7 Å². The average Bonchev–Trinajstić information content (AvgIpc) is 3.98. The number of hydrogen-bond donors (Lipinski definition) is 2. The number of halogens is 1. The molecule has 5 aliphatic carbocycles. The number of aromatic nitrogens is 1. The lowest BCUT2D eigenvalue weighted by atomic mass is 9.46. The highest BCUT2D eigenvalue weighted by molar-refractivity contribution is 6.01. The van der Waals surface area contributed by atoms with Crippen molar-refractivity contribution in [2.45, 2.75) is 103 Å². The number of esters is 1. The molecule has 336 valence electrons. The number of ether oxygens (including phenoxy) is 3. The van der Waals surface area contributed by atoms with Crippen molar-refractivity contribution in [3.8, 4) is 5.75 Å². The van der Waals surface area contributed by atoms with Gasteiger partial charge in [0.1, 0.15) is 16.9 Å². The SMILES string of the molecule is COc1c(N2CCN(C(=O)OCc3oc(=O)oc3C)C(C)C2)c(F)cc2c(=O)c(C(=O)OCC(=O)[C@]3(O)CC[C@@H]4[C@H]5CCC6=CC(=O)C=C[C@@]6(C)[C@@H]5[C@H](O)C[C@]43C)cn(C3CC3)c12. The van der Waals surface area contributed by atoms with Crippen LogP contribution in [0.4, 0.5) is 14.9 Å². The lowest BCUT2D eigenvalue weighted by Crippen LogP contribution is -2.61. The number of piperazine rings is 1. The molecule has 1 amide bonds. The van der Waals surface area contributed by atoms with E-state index in [4.69, 9.17) is 23.0 Å². The zero-order valence-corrected chi connectivity index (χ0v) is 35.9. The molecule has 3 aromatic rings. The van der Waals surface area contributed by atoms with E-state index in [0.29, 0.717) is 32.1 Å². The fourth-order valence-corrected chi connectivity index (χ4v) is 12.0. The van der Waals surface area contributed by atoms with Crippen molar-refractivity contribution in [1.29, 1.82) is 0 Å². The molecular weight excluding hydrogens is 822 g/mol. The van der Waals surface area contributed by atoms with E-state index in [-0.39, 0.29) is 103 Å². The van der Waals surface area contributed by atoms with Gasteiger partial charge in [-0.3, -0.25) is 14.4 Å². The van der Waals surface area contributed by atoms with E-state index in [1.807, 2.05) is 19.9 Å². The Kier molecular flexibility index (Phi) is 10.4. The van der Waals surface area contributed by atoms with E-state index >= 15 is 4.39 Å². The molecule has 2 aromatic heterocycles. The molecule has 16 nitrogen and oxygen atoms in total. The molecule has 2 N–H and O–H groups in total. The number of hydrogen-bond acceptors (Lipinski definition) is 14. The number of Topliss-reactive ketones (excluding diaryl/α,β-unsaturated/α-hetero) is 1. The molecular formula is C46H52FN3O13. The maximum atomic E-state index is 16.4. The summed E-state index contributed by atoms with van der Waals surface area (Å²) < 4.78 is 44.6. The number of methoxy groups -OCH3 is 1. The van der Waals surface area contributed by atoms with E-state index in [9.17, 15) is 39.0 Å². The number of benzene rings is 1. The summed E-state index contributed by atoms with van der Waals surface area (Å²) in [5.74, 6) is -3.54. The standard InChI is InChI=1S/C46H52FN3O13/c1-23-19-48(14-15-49(23)42(56)61-21-34-24(2)62-43(57)63-34)38-32(47)17-29-37(40(38)59-5)50(26-7-8-26)20-30(39(29)54)41(55)60-22-35(53)46(58)13-11-31-28-9-6-25-16-27(51)10-12-44(25,3)36(28)33(52)18-45(31,46)4/h10,12,16-17,20,23,26,28,31,33,36,52,58H,6-9,11,13-15,18-19,21-22H2,1-5H3/t23?,28-,31-,33-,36+,44-,45-,46-/m1/s1. The summed E-state index contributed by atoms with van der Waals surface area (Å²) in [6.07, 6.45) is 8.54. The molecule has 0 bridgehead atoms. The number of anilines is 1. The van der Waals surface area contributed by atoms with Crippen LogP contribution in [0.2, 0.25) is 0 Å². The van der Waals surface area contributed by atoms with Crippen LogP contribution in [0.25, 0.3) is 10.9 Å². The van der Waals surface area contributed by atoms with Crippen LogP contribution in [0, 0.1) is 41.3 Å². The Morgan fingerprint density at radius 3 is 2.49 bits per heavy atom. The quantitative estimate of drug-likeness (QED) is 0.274. The van der Waals surface area contributed by atoms with Crippen molar-refractivity contribution >= 4 is 40.2 Å². The lowest BCUT2D eigenvalue weighted by molar-refractivity contribution is -0.178. The number of aryl methyl sites for hydroxylation is 1. The van der Waals surface area contributed by atoms with Gasteiger partial charge in [0, 0.05) is 54.7 Å². The van der Waals surface area contributed by atoms with Crippen molar-refractivity contribution in [2.24, 2.45) is 28.6 Å². The summed E-state index contributed by atoms with van der Waals surface area (Å²) in [6.45, 7) is 6.52. The summed E-state index contributed by atoms with van der Waals surface area (Å²) in [5.41, 5.74) is -3.32. The summed E-state index contributed by atoms with van der Waals surface area (Å²) >= 11 is 0. The van der Waals surface area contributed by atoms with Crippen LogP contribution in [0.1, 0.15) is 93.6 Å². The predicted octanol–water partition coefficient (Wildman–Crippen LogP) is 4.92. The highest BCUT2D eigenvalue weighted by Crippen LogP contribution is 2.67. The van der Waals surface area contributed by atoms with E-state index in [2.05, 4.69) is 0 Å². The molecule has 1 saturated heterocycles. The topological polar surface area (TPSA) is 208 Å². The van der Waals surface area contributed by atoms with Crippen molar-refractivity contribution in [3.05, 3.63) is 79.8 Å². The van der Waals surface area contributed by atoms with Gasteiger partial charge in [-0.25, -0.2) is 18.8 Å². The maximum absolute atomic E-state index is 16.4. The van der Waals surface area contributed by atoms with Crippen LogP contribution < -0.4 is 20.9 Å². The van der Waals surface area contributed by atoms with E-state index in [1.54, 1.807) is 28.5 Å². The van der Waals surface area contributed by atoms with E-state index in [1.165, 1.54) is 25.1 Å². The molecule has 0 radical (unpaired) electrons. The minimum absolute atomic E-state index is 0.0213. The summed E-state index contributed by atoms with van der Waals surface area (Å²) in [4.78, 5) is 81.8. The molecule has 17 heteroatoms. The molecule has 9 rings (SSSR count). The van der Waals surface area contributed by atoms with E-state index < -0.39 is 75.7 Å². The third kappa shape index (κ3) is 6.75. The molecule has 4 saturated carbocycles. The number of amides is 1. The number of rotatable bonds is 9. The molecule has 1 aliphatic heterocycles. The number of pyridine rings is 1. The highest BCUT2D eigenvalue weighted by Gasteiger charge is 2.68. The van der Waals surface area contributed by atoms with Gasteiger partial charge in [-0.15, -0.1) is 0 Å². The van der Waals surface area contributed by atoms with Crippen LogP contribution in [-0.4, -0.2) is 94.4 Å². The second-order valence-corrected chi connectivity index (χ2v) is 18.7. The van der Waals surface area contributed by atoms with E-state index in [0.717, 1.165) is 11.6 Å². The molecule has 1 unspecified atom stereocenters. The number of fused-ring (bicyclic) bond motifs is 6. The maximum Gasteiger partial charge on any atom is 0.519 e. The van der Waals surface area contributed by atoms with Crippen LogP contribution in [0.3, 0.4) is 0 Å². The van der Waals surface area contributed by atoms with Gasteiger partial charge in [0.05, 0.1) is 24.1 Å². The first-order valence-electron chi connectivity index (χ1n) is 21.7. The smallest absolute Gasteiger partial charge is 0.492 e. The number of nitrogens with zero attached hydrogens (tertiary/aromatic N) is 3. The Bertz CT molecular complexity index is 2620. The largest absolute Gasteiger partial charge is 0.519 e. The van der Waals surface area contributed by atoms with Gasteiger partial charge in [-0.1, -0.05) is 25.5 Å². The van der Waals surface area contributed by atoms with Gasteiger partial charge in [-0.2, -0.15) is 0 Å². The monoisotopic (exact) mass is 873 g/mol. The van der Waals surface area contributed by atoms with Gasteiger partial charge in [0.25, 0.3) is 0 Å². The molecule has 8 atom stereocenters. The average molecular weight is 874 g/mol. The molecule has 5 fully saturated rings. The Morgan fingerprint density at radius 1 is 1.05 bits per heavy atom.